The van der Waals surface area contributed by atoms with Crippen LogP contribution in [0.2, 0.25) is 5.02 Å². The molecule has 0 aliphatic heterocycles. The molecule has 2 nitrogen and oxygen atoms in total. The minimum Gasteiger partial charge on any atom is -0.313 e. The van der Waals surface area contributed by atoms with Gasteiger partial charge in [-0.3, -0.25) is 0 Å². The summed E-state index contributed by atoms with van der Waals surface area (Å²) in [6.07, 6.45) is 0.984. The lowest BCUT2D eigenvalue weighted by Crippen LogP contribution is -2.36. The maximum Gasteiger partial charge on any atom is 0.0438 e. The molecule has 0 bridgehead atoms. The lowest BCUT2D eigenvalue weighted by atomic mass is 10.1. The Hall–Kier alpha value is -0.570. The van der Waals surface area contributed by atoms with Gasteiger partial charge in [0, 0.05) is 17.6 Å². The third-order valence-corrected chi connectivity index (χ3v) is 2.85. The first-order valence-electron chi connectivity index (χ1n) is 5.71. The van der Waals surface area contributed by atoms with Crippen LogP contribution in [0.1, 0.15) is 12.5 Å². The van der Waals surface area contributed by atoms with E-state index in [-0.39, 0.29) is 0 Å². The van der Waals surface area contributed by atoms with Gasteiger partial charge in [0.1, 0.15) is 0 Å². The van der Waals surface area contributed by atoms with E-state index in [1.165, 1.54) is 5.56 Å². The van der Waals surface area contributed by atoms with Crippen molar-refractivity contribution in [3.05, 3.63) is 34.9 Å². The summed E-state index contributed by atoms with van der Waals surface area (Å²) in [5.41, 5.74) is 1.22. The zero-order chi connectivity index (χ0) is 12.0. The summed E-state index contributed by atoms with van der Waals surface area (Å²) < 4.78 is 0. The van der Waals surface area contributed by atoms with Crippen LogP contribution in [0.3, 0.4) is 0 Å². The van der Waals surface area contributed by atoms with E-state index >= 15 is 0 Å². The van der Waals surface area contributed by atoms with Gasteiger partial charge in [0.05, 0.1) is 0 Å². The molecule has 1 N–H and O–H groups in total. The summed E-state index contributed by atoms with van der Waals surface area (Å²) >= 11 is 6.09. The van der Waals surface area contributed by atoms with Crippen molar-refractivity contribution in [3.8, 4) is 0 Å². The minimum absolute atomic E-state index is 0.512. The van der Waals surface area contributed by atoms with Crippen molar-refractivity contribution in [2.24, 2.45) is 0 Å². The molecule has 0 aliphatic carbocycles. The quantitative estimate of drug-likeness (QED) is 0.822. The van der Waals surface area contributed by atoms with Gasteiger partial charge in [-0.1, -0.05) is 29.8 Å². The highest BCUT2D eigenvalue weighted by molar-refractivity contribution is 6.31. The summed E-state index contributed by atoms with van der Waals surface area (Å²) in [6.45, 7) is 4.23. The number of rotatable bonds is 6. The fourth-order valence-electron chi connectivity index (χ4n) is 1.77. The number of likely N-dealkylation sites (N-methyl/N-ethyl adjacent to an activating group) is 1. The molecule has 1 unspecified atom stereocenters. The minimum atomic E-state index is 0.512. The standard InChI is InChI=1S/C13H21ClN2/c1-11(10-16(2)3)15-9-8-12-6-4-5-7-13(12)14/h4-7,11,15H,8-10H2,1-3H3. The number of hydrogen-bond acceptors (Lipinski definition) is 2. The summed E-state index contributed by atoms with van der Waals surface area (Å²) in [5.74, 6) is 0. The van der Waals surface area contributed by atoms with Crippen molar-refractivity contribution < 1.29 is 0 Å². The molecule has 1 rings (SSSR count). The lowest BCUT2D eigenvalue weighted by Gasteiger charge is -2.18. The molecular formula is C13H21ClN2. The van der Waals surface area contributed by atoms with Crippen LogP contribution >= 0.6 is 11.6 Å². The fraction of sp³-hybridized carbons (Fsp3) is 0.538. The molecule has 0 aromatic heterocycles. The molecule has 0 heterocycles. The summed E-state index contributed by atoms with van der Waals surface area (Å²) in [5, 5.41) is 4.35. The molecule has 90 valence electrons. The summed E-state index contributed by atoms with van der Waals surface area (Å²) in [6, 6.07) is 8.54. The second-order valence-electron chi connectivity index (χ2n) is 4.46. The summed E-state index contributed by atoms with van der Waals surface area (Å²) in [4.78, 5) is 2.19. The molecule has 1 aromatic rings. The summed E-state index contributed by atoms with van der Waals surface area (Å²) in [7, 11) is 4.18. The van der Waals surface area contributed by atoms with Gasteiger partial charge < -0.3 is 10.2 Å². The van der Waals surface area contributed by atoms with Gasteiger partial charge in [0.25, 0.3) is 0 Å². The van der Waals surface area contributed by atoms with Gasteiger partial charge in [-0.2, -0.15) is 0 Å². The Balaban J connectivity index is 2.28. The van der Waals surface area contributed by atoms with Gasteiger partial charge in [-0.15, -0.1) is 0 Å². The molecule has 0 radical (unpaired) electrons. The van der Waals surface area contributed by atoms with Crippen molar-refractivity contribution in [3.63, 3.8) is 0 Å². The Labute approximate surface area is 104 Å². The van der Waals surface area contributed by atoms with Crippen LogP contribution in [0, 0.1) is 0 Å². The zero-order valence-electron chi connectivity index (χ0n) is 10.3. The van der Waals surface area contributed by atoms with E-state index in [0.29, 0.717) is 6.04 Å². The highest BCUT2D eigenvalue weighted by atomic mass is 35.5. The maximum atomic E-state index is 6.09. The second kappa shape index (κ2) is 6.89. The molecule has 0 fully saturated rings. The van der Waals surface area contributed by atoms with Crippen LogP contribution in [0.25, 0.3) is 0 Å². The third-order valence-electron chi connectivity index (χ3n) is 2.48. The Morgan fingerprint density at radius 1 is 1.31 bits per heavy atom. The highest BCUT2D eigenvalue weighted by Crippen LogP contribution is 2.14. The zero-order valence-corrected chi connectivity index (χ0v) is 11.1. The van der Waals surface area contributed by atoms with E-state index in [1.54, 1.807) is 0 Å². The number of hydrogen-bond donors (Lipinski definition) is 1. The van der Waals surface area contributed by atoms with Crippen LogP contribution in [0.4, 0.5) is 0 Å². The molecule has 1 atom stereocenters. The fourth-order valence-corrected chi connectivity index (χ4v) is 2.00. The molecule has 0 amide bonds. The molecular weight excluding hydrogens is 220 g/mol. The molecule has 0 spiro atoms. The Kier molecular flexibility index (Phi) is 5.81. The topological polar surface area (TPSA) is 15.3 Å². The van der Waals surface area contributed by atoms with Crippen LogP contribution in [-0.2, 0) is 6.42 Å². The van der Waals surface area contributed by atoms with Gasteiger partial charge in [0.15, 0.2) is 0 Å². The second-order valence-corrected chi connectivity index (χ2v) is 4.87. The largest absolute Gasteiger partial charge is 0.313 e. The van der Waals surface area contributed by atoms with Crippen molar-refractivity contribution in [1.82, 2.24) is 10.2 Å². The Morgan fingerprint density at radius 3 is 2.62 bits per heavy atom. The van der Waals surface area contributed by atoms with E-state index in [9.17, 15) is 0 Å². The molecule has 16 heavy (non-hydrogen) atoms. The van der Waals surface area contributed by atoms with E-state index in [4.69, 9.17) is 11.6 Å². The molecule has 0 aliphatic rings. The van der Waals surface area contributed by atoms with E-state index in [2.05, 4.69) is 37.3 Å². The van der Waals surface area contributed by atoms with Gasteiger partial charge >= 0.3 is 0 Å². The molecule has 3 heteroatoms. The predicted molar refractivity (Wildman–Crippen MR) is 71.2 cm³/mol. The molecule has 1 aromatic carbocycles. The number of nitrogens with one attached hydrogen (secondary N) is 1. The van der Waals surface area contributed by atoms with Crippen LogP contribution in [0.5, 0.6) is 0 Å². The first-order chi connectivity index (χ1) is 7.59. The average molecular weight is 241 g/mol. The average Bonchev–Trinajstić information content (AvgIpc) is 2.19. The highest BCUT2D eigenvalue weighted by Gasteiger charge is 2.03. The number of halogens is 1. The normalized spacial score (nSPS) is 13.1. The van der Waals surface area contributed by atoms with E-state index in [1.807, 2.05) is 18.2 Å². The van der Waals surface area contributed by atoms with Crippen LogP contribution in [-0.4, -0.2) is 38.1 Å². The molecule has 0 saturated heterocycles. The van der Waals surface area contributed by atoms with E-state index in [0.717, 1.165) is 24.5 Å². The van der Waals surface area contributed by atoms with Crippen molar-refractivity contribution >= 4 is 11.6 Å². The predicted octanol–water partition coefficient (Wildman–Crippen LogP) is 2.42. The van der Waals surface area contributed by atoms with Gasteiger partial charge in [0.2, 0.25) is 0 Å². The van der Waals surface area contributed by atoms with Crippen LogP contribution < -0.4 is 5.32 Å². The monoisotopic (exact) mass is 240 g/mol. The first kappa shape index (κ1) is 13.5. The first-order valence-corrected chi connectivity index (χ1v) is 6.09. The van der Waals surface area contributed by atoms with Gasteiger partial charge in [-0.25, -0.2) is 0 Å². The SMILES string of the molecule is CC(CN(C)C)NCCc1ccccc1Cl. The number of nitrogens with zero attached hydrogens (tertiary/aromatic N) is 1. The maximum absolute atomic E-state index is 6.09. The third kappa shape index (κ3) is 4.97. The van der Waals surface area contributed by atoms with E-state index < -0.39 is 0 Å². The van der Waals surface area contributed by atoms with Gasteiger partial charge in [-0.05, 0) is 45.6 Å². The van der Waals surface area contributed by atoms with Crippen molar-refractivity contribution in [2.75, 3.05) is 27.2 Å². The van der Waals surface area contributed by atoms with Crippen molar-refractivity contribution in [2.45, 2.75) is 19.4 Å². The molecule has 0 saturated carbocycles. The number of benzene rings is 1. The Morgan fingerprint density at radius 2 is 2.00 bits per heavy atom. The lowest BCUT2D eigenvalue weighted by molar-refractivity contribution is 0.351. The Bertz CT molecular complexity index is 313. The van der Waals surface area contributed by atoms with Crippen molar-refractivity contribution in [1.29, 1.82) is 0 Å². The van der Waals surface area contributed by atoms with Crippen LogP contribution in [0.15, 0.2) is 24.3 Å². The smallest absolute Gasteiger partial charge is 0.0438 e.